The number of carbonyl (C=O) groups excluding carboxylic acids is 1. The molecule has 0 radical (unpaired) electrons. The van der Waals surface area contributed by atoms with Crippen LogP contribution in [0.1, 0.15) is 112 Å². The van der Waals surface area contributed by atoms with Gasteiger partial charge in [-0.05, 0) is 0 Å². The molecule has 1 saturated heterocycles. The molecule has 0 saturated carbocycles. The van der Waals surface area contributed by atoms with Gasteiger partial charge in [0, 0.05) is 0 Å². The average Bonchev–Trinajstić information content (AvgIpc) is 3.05. The monoisotopic (exact) mass is 609 g/mol. The molecule has 1 amide bonds. The van der Waals surface area contributed by atoms with Gasteiger partial charge in [-0.25, -0.2) is 0 Å². The first-order valence-corrected chi connectivity index (χ1v) is 22.4. The summed E-state index contributed by atoms with van der Waals surface area (Å²) in [6.45, 7) is 20.3. The number of nitrogens with zero attached hydrogens (tertiary/aromatic N) is 1. The molecule has 2 rings (SSSR count). The van der Waals surface area contributed by atoms with Crippen LogP contribution in [0.3, 0.4) is 0 Å². The molecule has 1 aliphatic heterocycles. The second-order valence-electron chi connectivity index (χ2n) is 12.5. The number of benzene rings is 1. The fraction of sp³-hybridized carbons (Fsp3) is 0.774. The van der Waals surface area contributed by atoms with Crippen LogP contribution in [0.5, 0.6) is 0 Å². The van der Waals surface area contributed by atoms with Crippen molar-refractivity contribution in [3.63, 3.8) is 0 Å². The van der Waals surface area contributed by atoms with Crippen molar-refractivity contribution in [1.82, 2.24) is 4.90 Å². The zero-order valence-corrected chi connectivity index (χ0v) is 27.7. The first-order chi connectivity index (χ1) is 17.0. The van der Waals surface area contributed by atoms with Crippen molar-refractivity contribution in [2.45, 2.75) is 135 Å². The van der Waals surface area contributed by atoms with Gasteiger partial charge in [0.05, 0.1) is 0 Å². The summed E-state index contributed by atoms with van der Waals surface area (Å²) in [5, 5.41) is 0. The van der Waals surface area contributed by atoms with Gasteiger partial charge in [-0.1, -0.05) is 0 Å². The Kier molecular flexibility index (Phi) is 12.1. The number of carbonyl (C=O) groups is 1. The van der Waals surface area contributed by atoms with E-state index in [0.717, 1.165) is 0 Å². The first kappa shape index (κ1) is 31.5. The number of unbranched alkanes of at least 4 members (excludes halogenated alkanes) is 3. The quantitative estimate of drug-likeness (QED) is 0.198. The van der Waals surface area contributed by atoms with E-state index in [-0.39, 0.29) is 21.7 Å². The topological polar surface area (TPSA) is 38.8 Å². The minimum atomic E-state index is -3.02. The molecule has 1 fully saturated rings. The summed E-state index contributed by atoms with van der Waals surface area (Å²) in [5.41, 5.74) is 0.270. The third kappa shape index (κ3) is 7.65. The molecule has 36 heavy (non-hydrogen) atoms. The molecular formula is C31H55NO3Sn. The molecule has 0 aromatic heterocycles. The molecule has 1 aliphatic rings. The summed E-state index contributed by atoms with van der Waals surface area (Å²) in [4.78, 5) is 16.1. The molecular weight excluding hydrogens is 553 g/mol. The molecule has 0 unspecified atom stereocenters. The van der Waals surface area contributed by atoms with Crippen LogP contribution in [0.25, 0.3) is 0 Å². The molecule has 4 nitrogen and oxygen atoms in total. The molecule has 0 N–H and O–H groups in total. The van der Waals surface area contributed by atoms with Crippen LogP contribution in [0.2, 0.25) is 13.3 Å². The number of hydrogen-bond acceptors (Lipinski definition) is 3. The maximum absolute atomic E-state index is 14.2. The normalized spacial score (nSPS) is 18.9. The first-order valence-electron chi connectivity index (χ1n) is 14.7. The molecule has 0 spiro atoms. The van der Waals surface area contributed by atoms with Gasteiger partial charge in [0.1, 0.15) is 0 Å². The third-order valence-electron chi connectivity index (χ3n) is 8.25. The Hall–Kier alpha value is -0.751. The van der Waals surface area contributed by atoms with Gasteiger partial charge in [0.2, 0.25) is 0 Å². The molecule has 2 atom stereocenters. The number of hydrogen-bond donors (Lipinski definition) is 0. The molecule has 206 valence electrons. The Morgan fingerprint density at radius 1 is 0.944 bits per heavy atom. The van der Waals surface area contributed by atoms with Crippen molar-refractivity contribution >= 4 is 24.5 Å². The summed E-state index contributed by atoms with van der Waals surface area (Å²) in [7, 11) is 0. The van der Waals surface area contributed by atoms with E-state index in [2.05, 4.69) is 78.8 Å². The predicted octanol–water partition coefficient (Wildman–Crippen LogP) is 9.17. The van der Waals surface area contributed by atoms with Gasteiger partial charge in [0.15, 0.2) is 0 Å². The van der Waals surface area contributed by atoms with Crippen LogP contribution in [-0.4, -0.2) is 51.4 Å². The Morgan fingerprint density at radius 2 is 1.44 bits per heavy atom. The van der Waals surface area contributed by atoms with E-state index in [9.17, 15) is 4.79 Å². The summed E-state index contributed by atoms with van der Waals surface area (Å²) >= 11 is -3.02. The van der Waals surface area contributed by atoms with Crippen LogP contribution in [0, 0.1) is 5.92 Å². The number of amides is 1. The van der Waals surface area contributed by atoms with E-state index in [4.69, 9.17) is 9.47 Å². The second-order valence-corrected chi connectivity index (χ2v) is 26.2. The van der Waals surface area contributed by atoms with Gasteiger partial charge in [-0.15, -0.1) is 0 Å². The Bertz CT molecular complexity index is 754. The summed E-state index contributed by atoms with van der Waals surface area (Å²) in [6, 6.07) is 10.9. The summed E-state index contributed by atoms with van der Waals surface area (Å²) in [6.07, 6.45) is 7.18. The Labute approximate surface area is 226 Å². The van der Waals surface area contributed by atoms with Gasteiger partial charge >= 0.3 is 228 Å². The Morgan fingerprint density at radius 3 is 1.83 bits per heavy atom. The van der Waals surface area contributed by atoms with E-state index in [1.165, 1.54) is 57.4 Å². The van der Waals surface area contributed by atoms with Crippen LogP contribution < -0.4 is 0 Å². The van der Waals surface area contributed by atoms with Crippen molar-refractivity contribution in [2.24, 2.45) is 5.92 Å². The van der Waals surface area contributed by atoms with Crippen molar-refractivity contribution in [3.8, 4) is 0 Å². The predicted molar refractivity (Wildman–Crippen MR) is 155 cm³/mol. The number of ether oxygens (including phenoxy) is 2. The van der Waals surface area contributed by atoms with E-state index in [1.54, 1.807) is 0 Å². The van der Waals surface area contributed by atoms with Crippen molar-refractivity contribution < 1.29 is 14.3 Å². The van der Waals surface area contributed by atoms with Crippen molar-refractivity contribution in [2.75, 3.05) is 6.61 Å². The van der Waals surface area contributed by atoms with Gasteiger partial charge in [-0.2, -0.15) is 0 Å². The van der Waals surface area contributed by atoms with E-state index in [0.29, 0.717) is 12.5 Å². The van der Waals surface area contributed by atoms with Gasteiger partial charge in [-0.3, -0.25) is 0 Å². The van der Waals surface area contributed by atoms with Crippen LogP contribution in [-0.2, 0) is 9.47 Å². The van der Waals surface area contributed by atoms with Crippen LogP contribution in [0.4, 0.5) is 4.79 Å². The second kappa shape index (κ2) is 13.9. The Balaban J connectivity index is 2.66. The van der Waals surface area contributed by atoms with E-state index >= 15 is 0 Å². The van der Waals surface area contributed by atoms with E-state index < -0.39 is 24.1 Å². The number of rotatable bonds is 14. The molecule has 1 aromatic rings. The summed E-state index contributed by atoms with van der Waals surface area (Å²) in [5.74, 6) is 0.619. The average molecular weight is 608 g/mol. The third-order valence-corrected chi connectivity index (χ3v) is 24.6. The maximum atomic E-state index is 14.2. The molecule has 0 bridgehead atoms. The summed E-state index contributed by atoms with van der Waals surface area (Å²) < 4.78 is 17.0. The fourth-order valence-electron chi connectivity index (χ4n) is 6.39. The minimum absolute atomic E-state index is 0.0195. The molecule has 1 aromatic carbocycles. The SMILES string of the molecule is CCC[CH2][Sn]([CH2]CCC)([CH2]CCC)[C@@H](OC(=O)N1C(C)(C)COC1(C)C)[C@@H](c1ccccc1)C(C)C. The van der Waals surface area contributed by atoms with Gasteiger partial charge < -0.3 is 0 Å². The fourth-order valence-corrected chi connectivity index (χ4v) is 24.8. The zero-order valence-electron chi connectivity index (χ0n) is 24.9. The van der Waals surface area contributed by atoms with Crippen LogP contribution in [0.15, 0.2) is 30.3 Å². The van der Waals surface area contributed by atoms with Crippen molar-refractivity contribution in [1.29, 1.82) is 0 Å². The van der Waals surface area contributed by atoms with Crippen LogP contribution >= 0.6 is 0 Å². The standard InChI is InChI=1S/C19H28NO3.3C4H9.Sn/c1-14(2)16(15-10-8-7-9-11-15)12-22-17(21)20-18(3,4)13-23-19(20,5)6;3*1-3-4-2;/h7-12,14,16H,13H2,1-6H3;3*1,3-4H2,2H3;/t16-;;;;/m1..../s1. The van der Waals surface area contributed by atoms with Gasteiger partial charge in [0.25, 0.3) is 0 Å². The zero-order chi connectivity index (χ0) is 27.0. The van der Waals surface area contributed by atoms with E-state index in [1.807, 2.05) is 18.7 Å². The molecule has 0 aliphatic carbocycles. The van der Waals surface area contributed by atoms with Crippen molar-refractivity contribution in [3.05, 3.63) is 35.9 Å². The molecule has 5 heteroatoms. The molecule has 1 heterocycles.